The molecular weight excluding hydrogens is 486 g/mol. The molecule has 0 radical (unpaired) electrons. The predicted octanol–water partition coefficient (Wildman–Crippen LogP) is 5.25. The van der Waals surface area contributed by atoms with Gasteiger partial charge in [0.25, 0.3) is 0 Å². The number of imide groups is 1. The van der Waals surface area contributed by atoms with Crippen LogP contribution in [0.25, 0.3) is 10.8 Å². The highest BCUT2D eigenvalue weighted by Crippen LogP contribution is 2.53. The van der Waals surface area contributed by atoms with E-state index in [1.54, 1.807) is 41.6 Å². The fraction of sp³-hybridized carbons (Fsp3) is 0.133. The smallest absolute Gasteiger partial charge is 0.240 e. The van der Waals surface area contributed by atoms with E-state index in [0.29, 0.717) is 16.3 Å². The Morgan fingerprint density at radius 3 is 2.30 bits per heavy atom. The molecule has 3 aliphatic heterocycles. The molecule has 4 atom stereocenters. The highest BCUT2D eigenvalue weighted by atomic mass is 35.5. The molecule has 3 heterocycles. The predicted molar refractivity (Wildman–Crippen MR) is 142 cm³/mol. The summed E-state index contributed by atoms with van der Waals surface area (Å²) < 4.78 is 0. The van der Waals surface area contributed by atoms with Gasteiger partial charge in [0.15, 0.2) is 5.78 Å². The average molecular weight is 506 g/mol. The van der Waals surface area contributed by atoms with Gasteiger partial charge < -0.3 is 0 Å². The Morgan fingerprint density at radius 1 is 0.784 bits per heavy atom. The fourth-order valence-electron chi connectivity index (χ4n) is 6.02. The normalized spacial score (nSPS) is 23.8. The lowest BCUT2D eigenvalue weighted by Crippen LogP contribution is -2.44. The summed E-state index contributed by atoms with van der Waals surface area (Å²) in [5.41, 5.74) is 2.71. The van der Waals surface area contributed by atoms with Crippen molar-refractivity contribution in [1.82, 2.24) is 5.01 Å². The van der Waals surface area contributed by atoms with Gasteiger partial charge >= 0.3 is 0 Å². The van der Waals surface area contributed by atoms with Crippen molar-refractivity contribution in [2.45, 2.75) is 12.1 Å². The number of nitrogens with zero attached hydrogens (tertiary/aromatic N) is 3. The van der Waals surface area contributed by atoms with Gasteiger partial charge in [-0.15, -0.1) is 0 Å². The fourth-order valence-corrected chi connectivity index (χ4v) is 6.15. The highest BCUT2D eigenvalue weighted by molar-refractivity contribution is 6.30. The Labute approximate surface area is 217 Å². The van der Waals surface area contributed by atoms with Crippen molar-refractivity contribution in [1.29, 1.82) is 0 Å². The SMILES string of the molecule is O=C(c1ccc(Cl)cc1)[C@@H]1[C@@H]2C(=O)N(c3ccc4ccccc4c3)C(=O)[C@@H]2C2c3ccccc3C=NN21. The van der Waals surface area contributed by atoms with E-state index in [2.05, 4.69) is 5.10 Å². The topological polar surface area (TPSA) is 70.0 Å². The van der Waals surface area contributed by atoms with Crippen molar-refractivity contribution in [2.75, 3.05) is 4.90 Å². The van der Waals surface area contributed by atoms with Crippen molar-refractivity contribution < 1.29 is 14.4 Å². The maximum Gasteiger partial charge on any atom is 0.240 e. The van der Waals surface area contributed by atoms with Crippen molar-refractivity contribution in [3.8, 4) is 0 Å². The summed E-state index contributed by atoms with van der Waals surface area (Å²) in [5, 5.41) is 8.74. The second-order valence-corrected chi connectivity index (χ2v) is 10.0. The number of anilines is 1. The molecule has 0 N–H and O–H groups in total. The summed E-state index contributed by atoms with van der Waals surface area (Å²) in [6, 6.07) is 26.2. The van der Waals surface area contributed by atoms with Crippen LogP contribution in [0.15, 0.2) is 96.1 Å². The van der Waals surface area contributed by atoms with E-state index in [4.69, 9.17) is 11.6 Å². The number of benzene rings is 4. The number of amides is 2. The number of rotatable bonds is 3. The number of fused-ring (bicyclic) bond motifs is 6. The average Bonchev–Trinajstić information content (AvgIpc) is 3.40. The lowest BCUT2D eigenvalue weighted by Gasteiger charge is -2.33. The number of hydrogen-bond acceptors (Lipinski definition) is 5. The Balaban J connectivity index is 1.37. The van der Waals surface area contributed by atoms with Crippen LogP contribution in [0.3, 0.4) is 0 Å². The molecule has 0 saturated carbocycles. The molecule has 3 aliphatic rings. The zero-order valence-corrected chi connectivity index (χ0v) is 20.2. The Kier molecular flexibility index (Phi) is 4.81. The Bertz CT molecular complexity index is 1650. The minimum Gasteiger partial charge on any atom is -0.292 e. The monoisotopic (exact) mass is 505 g/mol. The largest absolute Gasteiger partial charge is 0.292 e. The van der Waals surface area contributed by atoms with Crippen LogP contribution in [-0.4, -0.2) is 34.9 Å². The number of halogens is 1. The van der Waals surface area contributed by atoms with Crippen LogP contribution in [-0.2, 0) is 9.59 Å². The van der Waals surface area contributed by atoms with Gasteiger partial charge in [0.05, 0.1) is 29.8 Å². The van der Waals surface area contributed by atoms with Crippen LogP contribution in [0.2, 0.25) is 5.02 Å². The molecule has 0 aromatic heterocycles. The molecule has 37 heavy (non-hydrogen) atoms. The number of carbonyl (C=O) groups excluding carboxylic acids is 3. The van der Waals surface area contributed by atoms with Gasteiger partial charge in [-0.3, -0.25) is 19.4 Å². The van der Waals surface area contributed by atoms with Crippen LogP contribution in [0.5, 0.6) is 0 Å². The molecule has 2 saturated heterocycles. The van der Waals surface area contributed by atoms with Gasteiger partial charge in [0.2, 0.25) is 11.8 Å². The number of hydrogen-bond donors (Lipinski definition) is 0. The molecule has 2 amide bonds. The first-order valence-electron chi connectivity index (χ1n) is 12.1. The van der Waals surface area contributed by atoms with E-state index < -0.39 is 23.9 Å². The number of hydrazone groups is 1. The van der Waals surface area contributed by atoms with Gasteiger partial charge in [-0.1, -0.05) is 66.2 Å². The Morgan fingerprint density at radius 2 is 1.49 bits per heavy atom. The summed E-state index contributed by atoms with van der Waals surface area (Å²) in [6.07, 6.45) is 1.70. The standard InChI is InChI=1S/C30H20ClN3O3/c31-21-12-9-18(10-13-21)28(35)27-25-24(26-23-8-4-3-7-20(23)16-32-34(26)27)29(36)33(30(25)37)22-14-11-17-5-1-2-6-19(17)15-22/h1-16,24-27H/t24-,25+,26?,27-/m0/s1. The third-order valence-corrected chi connectivity index (χ3v) is 7.93. The third kappa shape index (κ3) is 3.19. The maximum absolute atomic E-state index is 14.0. The second kappa shape index (κ2) is 8.11. The van der Waals surface area contributed by atoms with Gasteiger partial charge in [0.1, 0.15) is 6.04 Å². The Hall–Kier alpha value is -4.29. The van der Waals surface area contributed by atoms with Gasteiger partial charge in [0, 0.05) is 10.6 Å². The van der Waals surface area contributed by atoms with Crippen molar-refractivity contribution >= 4 is 51.9 Å². The molecule has 0 bridgehead atoms. The van der Waals surface area contributed by atoms with E-state index in [-0.39, 0.29) is 17.6 Å². The zero-order chi connectivity index (χ0) is 25.3. The van der Waals surface area contributed by atoms with E-state index in [1.807, 2.05) is 60.7 Å². The number of Topliss-reactive ketones (excluding diaryl/α,β-unsaturated/α-hetero) is 1. The second-order valence-electron chi connectivity index (χ2n) is 9.61. The first-order chi connectivity index (χ1) is 18.0. The van der Waals surface area contributed by atoms with Crippen LogP contribution in [0, 0.1) is 11.8 Å². The first kappa shape index (κ1) is 21.9. The lowest BCUT2D eigenvalue weighted by molar-refractivity contribution is -0.124. The minimum absolute atomic E-state index is 0.257. The summed E-state index contributed by atoms with van der Waals surface area (Å²) in [6.45, 7) is 0. The molecule has 0 spiro atoms. The highest BCUT2D eigenvalue weighted by Gasteiger charge is 2.65. The van der Waals surface area contributed by atoms with E-state index in [0.717, 1.165) is 21.9 Å². The summed E-state index contributed by atoms with van der Waals surface area (Å²) >= 11 is 6.05. The number of carbonyl (C=O) groups is 3. The summed E-state index contributed by atoms with van der Waals surface area (Å²) in [5.74, 6) is -2.54. The number of ketones is 1. The van der Waals surface area contributed by atoms with E-state index >= 15 is 0 Å². The van der Waals surface area contributed by atoms with Crippen molar-refractivity contribution in [2.24, 2.45) is 16.9 Å². The maximum atomic E-state index is 14.0. The molecule has 0 aliphatic carbocycles. The van der Waals surface area contributed by atoms with Crippen LogP contribution in [0.1, 0.15) is 27.5 Å². The molecule has 6 nitrogen and oxygen atoms in total. The molecule has 1 unspecified atom stereocenters. The first-order valence-corrected chi connectivity index (χ1v) is 12.5. The van der Waals surface area contributed by atoms with Gasteiger partial charge in [-0.25, -0.2) is 4.90 Å². The molecular formula is C30H20ClN3O3. The molecule has 180 valence electrons. The molecule has 7 rings (SSSR count). The van der Waals surface area contributed by atoms with Gasteiger partial charge in [-0.2, -0.15) is 5.10 Å². The van der Waals surface area contributed by atoms with Crippen molar-refractivity contribution in [3.63, 3.8) is 0 Å². The van der Waals surface area contributed by atoms with Gasteiger partial charge in [-0.05, 0) is 58.3 Å². The quantitative estimate of drug-likeness (QED) is 0.281. The summed E-state index contributed by atoms with van der Waals surface area (Å²) in [7, 11) is 0. The minimum atomic E-state index is -0.914. The summed E-state index contributed by atoms with van der Waals surface area (Å²) in [4.78, 5) is 43.3. The van der Waals surface area contributed by atoms with E-state index in [9.17, 15) is 14.4 Å². The van der Waals surface area contributed by atoms with Crippen LogP contribution in [0.4, 0.5) is 5.69 Å². The zero-order valence-electron chi connectivity index (χ0n) is 19.5. The molecule has 4 aromatic rings. The van der Waals surface area contributed by atoms with Crippen LogP contribution >= 0.6 is 11.6 Å². The third-order valence-electron chi connectivity index (χ3n) is 7.68. The molecule has 2 fully saturated rings. The molecule has 4 aromatic carbocycles. The lowest BCUT2D eigenvalue weighted by atomic mass is 9.83. The van der Waals surface area contributed by atoms with E-state index in [1.165, 1.54) is 4.90 Å². The van der Waals surface area contributed by atoms with Crippen molar-refractivity contribution in [3.05, 3.63) is 113 Å². The van der Waals surface area contributed by atoms with Crippen LogP contribution < -0.4 is 4.90 Å². The molecule has 7 heteroatoms.